The molecule has 0 N–H and O–H groups in total. The van der Waals surface area contributed by atoms with E-state index in [1.807, 2.05) is 24.1 Å². The van der Waals surface area contributed by atoms with Crippen molar-refractivity contribution in [1.82, 2.24) is 14.8 Å². The Balaban J connectivity index is 1.67. The van der Waals surface area contributed by atoms with Crippen molar-refractivity contribution < 1.29 is 13.2 Å². The number of hydrogen-bond donors (Lipinski definition) is 0. The molecule has 0 fully saturated rings. The second-order valence-corrected chi connectivity index (χ2v) is 7.21. The average molecular weight is 421 g/mol. The van der Waals surface area contributed by atoms with Crippen molar-refractivity contribution in [2.75, 3.05) is 11.9 Å². The molecule has 2 aromatic heterocycles. The summed E-state index contributed by atoms with van der Waals surface area (Å²) in [6.45, 7) is 0. The first-order valence-electron chi connectivity index (χ1n) is 8.89. The van der Waals surface area contributed by atoms with Crippen LogP contribution in [0.4, 0.5) is 18.9 Å². The molecule has 3 aromatic rings. The van der Waals surface area contributed by atoms with E-state index >= 15 is 0 Å². The van der Waals surface area contributed by atoms with Crippen molar-refractivity contribution in [3.63, 3.8) is 0 Å². The lowest BCUT2D eigenvalue weighted by atomic mass is 10.1. The number of fused-ring (bicyclic) bond motifs is 1. The Morgan fingerprint density at radius 2 is 1.93 bits per heavy atom. The highest BCUT2D eigenvalue weighted by Gasteiger charge is 2.31. The lowest BCUT2D eigenvalue weighted by molar-refractivity contribution is -0.137. The fraction of sp³-hybridized carbons (Fsp3) is 0.250. The first kappa shape index (κ1) is 19.4. The Bertz CT molecular complexity index is 1110. The number of benzene rings is 1. The van der Waals surface area contributed by atoms with Gasteiger partial charge < -0.3 is 4.90 Å². The second kappa shape index (κ2) is 7.18. The zero-order valence-corrected chi connectivity index (χ0v) is 16.1. The maximum Gasteiger partial charge on any atom is 0.417 e. The highest BCUT2D eigenvalue weighted by molar-refractivity contribution is 6.33. The van der Waals surface area contributed by atoms with Crippen molar-refractivity contribution in [3.8, 4) is 5.82 Å². The van der Waals surface area contributed by atoms with Crippen LogP contribution < -0.4 is 10.5 Å². The first-order chi connectivity index (χ1) is 13.8. The van der Waals surface area contributed by atoms with E-state index in [4.69, 9.17) is 11.6 Å². The highest BCUT2D eigenvalue weighted by Crippen LogP contribution is 2.38. The van der Waals surface area contributed by atoms with Crippen LogP contribution >= 0.6 is 11.6 Å². The minimum absolute atomic E-state index is 0.0367. The van der Waals surface area contributed by atoms with Crippen LogP contribution in [0.2, 0.25) is 5.02 Å². The number of aromatic nitrogens is 3. The normalized spacial score (nSPS) is 16.0. The molecule has 9 heteroatoms. The van der Waals surface area contributed by atoms with Crippen LogP contribution in [-0.4, -0.2) is 21.8 Å². The van der Waals surface area contributed by atoms with Gasteiger partial charge in [-0.2, -0.15) is 23.0 Å². The van der Waals surface area contributed by atoms with Crippen LogP contribution in [0.1, 0.15) is 29.2 Å². The molecule has 29 heavy (non-hydrogen) atoms. The van der Waals surface area contributed by atoms with Gasteiger partial charge in [0.05, 0.1) is 23.5 Å². The Morgan fingerprint density at radius 3 is 2.62 bits per heavy atom. The monoisotopic (exact) mass is 420 g/mol. The zero-order valence-electron chi connectivity index (χ0n) is 15.3. The van der Waals surface area contributed by atoms with Crippen LogP contribution in [0.3, 0.4) is 0 Å². The number of rotatable bonds is 3. The fourth-order valence-electron chi connectivity index (χ4n) is 3.62. The molecule has 1 unspecified atom stereocenters. The van der Waals surface area contributed by atoms with E-state index in [-0.39, 0.29) is 16.9 Å². The molecular formula is C20H16ClF3N4O. The van der Waals surface area contributed by atoms with E-state index in [0.717, 1.165) is 29.7 Å². The predicted octanol–water partition coefficient (Wildman–Crippen LogP) is 4.42. The molecular weight excluding hydrogens is 405 g/mol. The minimum Gasteiger partial charge on any atom is -0.365 e. The average Bonchev–Trinajstić information content (AvgIpc) is 3.13. The predicted molar refractivity (Wildman–Crippen MR) is 104 cm³/mol. The molecule has 150 valence electrons. The van der Waals surface area contributed by atoms with E-state index in [9.17, 15) is 18.0 Å². The maximum absolute atomic E-state index is 12.7. The van der Waals surface area contributed by atoms with Gasteiger partial charge in [-0.15, -0.1) is 0 Å². The number of hydrogen-bond acceptors (Lipinski definition) is 4. The highest BCUT2D eigenvalue weighted by atomic mass is 35.5. The van der Waals surface area contributed by atoms with Gasteiger partial charge in [-0.1, -0.05) is 35.9 Å². The third-order valence-electron chi connectivity index (χ3n) is 5.14. The third kappa shape index (κ3) is 3.48. The van der Waals surface area contributed by atoms with Gasteiger partial charge in [0, 0.05) is 13.2 Å². The molecule has 1 atom stereocenters. The van der Waals surface area contributed by atoms with Gasteiger partial charge in [-0.25, -0.2) is 4.98 Å². The Morgan fingerprint density at radius 1 is 1.17 bits per heavy atom. The van der Waals surface area contributed by atoms with Crippen LogP contribution in [-0.2, 0) is 12.6 Å². The lowest BCUT2D eigenvalue weighted by Crippen LogP contribution is -2.28. The molecule has 0 aliphatic heterocycles. The topological polar surface area (TPSA) is 51.0 Å². The van der Waals surface area contributed by atoms with Crippen molar-refractivity contribution in [2.24, 2.45) is 0 Å². The summed E-state index contributed by atoms with van der Waals surface area (Å²) in [5.41, 5.74) is 1.35. The summed E-state index contributed by atoms with van der Waals surface area (Å²) in [7, 11) is 1.84. The molecule has 2 heterocycles. The first-order valence-corrected chi connectivity index (χ1v) is 9.27. The quantitative estimate of drug-likeness (QED) is 0.629. The Hall–Kier alpha value is -2.87. The number of pyridine rings is 1. The molecule has 1 aliphatic rings. The van der Waals surface area contributed by atoms with E-state index in [1.54, 1.807) is 0 Å². The second-order valence-electron chi connectivity index (χ2n) is 6.83. The van der Waals surface area contributed by atoms with Gasteiger partial charge in [0.15, 0.2) is 5.82 Å². The van der Waals surface area contributed by atoms with Crippen LogP contribution in [0.15, 0.2) is 53.6 Å². The van der Waals surface area contributed by atoms with Gasteiger partial charge >= 0.3 is 6.18 Å². The number of alkyl halides is 3. The van der Waals surface area contributed by atoms with E-state index in [1.165, 1.54) is 17.3 Å². The van der Waals surface area contributed by atoms with E-state index in [0.29, 0.717) is 11.9 Å². The smallest absolute Gasteiger partial charge is 0.365 e. The molecule has 1 aromatic carbocycles. The van der Waals surface area contributed by atoms with Gasteiger partial charge in [0.25, 0.3) is 5.56 Å². The SMILES string of the molecule is CN(c1cnn(-c2ccc(C(F)(F)F)cn2)c(=O)c1Cl)C1CCc2ccccc21. The van der Waals surface area contributed by atoms with Crippen molar-refractivity contribution in [2.45, 2.75) is 25.1 Å². The standard InChI is InChI=1S/C20H16ClF3N4O/c1-27(15-8-6-12-4-2-3-5-14(12)15)16-11-26-28(19(29)18(16)21)17-9-7-13(10-25-17)20(22,23)24/h2-5,7,9-11,15H,6,8H2,1H3. The number of halogens is 4. The Kier molecular flexibility index (Phi) is 4.82. The fourth-order valence-corrected chi connectivity index (χ4v) is 3.88. The largest absolute Gasteiger partial charge is 0.417 e. The van der Waals surface area contributed by atoms with Gasteiger partial charge in [-0.05, 0) is 36.1 Å². The molecule has 0 spiro atoms. The molecule has 0 amide bonds. The van der Waals surface area contributed by atoms with E-state index in [2.05, 4.69) is 22.2 Å². The summed E-state index contributed by atoms with van der Waals surface area (Å²) in [5, 5.41) is 4.02. The summed E-state index contributed by atoms with van der Waals surface area (Å²) in [5.74, 6) is -0.0367. The molecule has 1 aliphatic carbocycles. The zero-order chi connectivity index (χ0) is 20.8. The van der Waals surface area contributed by atoms with Crippen molar-refractivity contribution in [1.29, 1.82) is 0 Å². The Labute approximate surface area is 169 Å². The molecule has 0 radical (unpaired) electrons. The van der Waals surface area contributed by atoms with Crippen molar-refractivity contribution in [3.05, 3.63) is 80.9 Å². The van der Waals surface area contributed by atoms with E-state index < -0.39 is 17.3 Å². The molecule has 5 nitrogen and oxygen atoms in total. The summed E-state index contributed by atoms with van der Waals surface area (Å²) in [4.78, 5) is 18.3. The molecule has 4 rings (SSSR count). The summed E-state index contributed by atoms with van der Waals surface area (Å²) in [6.07, 6.45) is -0.596. The van der Waals surface area contributed by atoms with Crippen molar-refractivity contribution >= 4 is 17.3 Å². The van der Waals surface area contributed by atoms with Crippen LogP contribution in [0.5, 0.6) is 0 Å². The lowest BCUT2D eigenvalue weighted by Gasteiger charge is -2.28. The molecule has 0 saturated carbocycles. The maximum atomic E-state index is 12.7. The van der Waals surface area contributed by atoms with Crippen LogP contribution in [0, 0.1) is 0 Å². The summed E-state index contributed by atoms with van der Waals surface area (Å²) in [6, 6.07) is 10.1. The summed E-state index contributed by atoms with van der Waals surface area (Å²) < 4.78 is 39.0. The third-order valence-corrected chi connectivity index (χ3v) is 5.50. The minimum atomic E-state index is -4.51. The molecule has 0 bridgehead atoms. The van der Waals surface area contributed by atoms with Gasteiger partial charge in [0.1, 0.15) is 5.02 Å². The van der Waals surface area contributed by atoms with Gasteiger partial charge in [-0.3, -0.25) is 4.79 Å². The van der Waals surface area contributed by atoms with Gasteiger partial charge in [0.2, 0.25) is 0 Å². The number of anilines is 1. The van der Waals surface area contributed by atoms with Crippen LogP contribution in [0.25, 0.3) is 5.82 Å². The summed E-state index contributed by atoms with van der Waals surface area (Å²) >= 11 is 6.33. The number of aryl methyl sites for hydroxylation is 1. The number of nitrogens with zero attached hydrogens (tertiary/aromatic N) is 4. The molecule has 0 saturated heterocycles.